The number of fused-ring (bicyclic) bond motifs is 3. The summed E-state index contributed by atoms with van der Waals surface area (Å²) in [7, 11) is 0. The number of anilines is 3. The first-order valence-corrected chi connectivity index (χ1v) is 13.5. The molecule has 0 saturated carbocycles. The molecule has 4 nitrogen and oxygen atoms in total. The molecule has 7 rings (SSSR count). The van der Waals surface area contributed by atoms with Gasteiger partial charge in [0.15, 0.2) is 0 Å². The van der Waals surface area contributed by atoms with Gasteiger partial charge in [0.2, 0.25) is 0 Å². The van der Waals surface area contributed by atoms with Crippen molar-refractivity contribution in [1.82, 2.24) is 9.97 Å². The maximum atomic E-state index is 11.3. The molecule has 204 valence electrons. The number of aromatic hydroxyl groups is 1. The number of pyridine rings is 2. The average Bonchev–Trinajstić information content (AvgIpc) is 2.98. The van der Waals surface area contributed by atoms with Crippen LogP contribution in [-0.4, -0.2) is 15.1 Å². The van der Waals surface area contributed by atoms with Crippen LogP contribution >= 0.6 is 0 Å². The van der Waals surface area contributed by atoms with Gasteiger partial charge in [0, 0.05) is 43.9 Å². The Balaban J connectivity index is 0.00000302. The third-order valence-corrected chi connectivity index (χ3v) is 7.97. The van der Waals surface area contributed by atoms with Gasteiger partial charge in [-0.1, -0.05) is 86.1 Å². The minimum absolute atomic E-state index is 0. The fourth-order valence-corrected chi connectivity index (χ4v) is 5.83. The second-order valence-corrected chi connectivity index (χ2v) is 10.9. The Morgan fingerprint density at radius 3 is 2.37 bits per heavy atom. The number of phenols is 1. The fourth-order valence-electron chi connectivity index (χ4n) is 5.83. The Labute approximate surface area is 254 Å². The van der Waals surface area contributed by atoms with Crippen LogP contribution in [0.4, 0.5) is 17.2 Å². The predicted molar refractivity (Wildman–Crippen MR) is 162 cm³/mol. The number of aromatic nitrogens is 2. The second kappa shape index (κ2) is 10.3. The van der Waals surface area contributed by atoms with Crippen molar-refractivity contribution in [1.29, 1.82) is 0 Å². The summed E-state index contributed by atoms with van der Waals surface area (Å²) in [6.45, 7) is 6.61. The zero-order valence-electron chi connectivity index (χ0n) is 23.0. The van der Waals surface area contributed by atoms with Crippen molar-refractivity contribution in [2.24, 2.45) is 0 Å². The van der Waals surface area contributed by atoms with Crippen LogP contribution in [0.25, 0.3) is 33.3 Å². The summed E-state index contributed by atoms with van der Waals surface area (Å²) >= 11 is 0. The largest absolute Gasteiger partial charge is 0.505 e. The zero-order valence-corrected chi connectivity index (χ0v) is 25.3. The molecule has 1 aliphatic rings. The van der Waals surface area contributed by atoms with Crippen molar-refractivity contribution in [2.75, 3.05) is 4.90 Å². The summed E-state index contributed by atoms with van der Waals surface area (Å²) in [5.41, 5.74) is 9.32. The van der Waals surface area contributed by atoms with E-state index in [9.17, 15) is 5.11 Å². The molecule has 0 saturated heterocycles. The Morgan fingerprint density at radius 2 is 1.56 bits per heavy atom. The topological polar surface area (TPSA) is 49.2 Å². The van der Waals surface area contributed by atoms with Gasteiger partial charge in [0.05, 0.1) is 0 Å². The molecule has 0 radical (unpaired) electrons. The van der Waals surface area contributed by atoms with Crippen molar-refractivity contribution >= 4 is 28.1 Å². The molecule has 3 heterocycles. The molecule has 0 amide bonds. The minimum Gasteiger partial charge on any atom is -0.505 e. The van der Waals surface area contributed by atoms with Crippen molar-refractivity contribution in [3.05, 3.63) is 132 Å². The van der Waals surface area contributed by atoms with E-state index in [2.05, 4.69) is 74.2 Å². The maximum absolute atomic E-state index is 11.3. The summed E-state index contributed by atoms with van der Waals surface area (Å²) in [4.78, 5) is 11.9. The normalized spacial score (nSPS) is 13.3. The van der Waals surface area contributed by atoms with Crippen LogP contribution in [0.1, 0.15) is 30.5 Å². The Kier molecular flexibility index (Phi) is 6.75. The molecule has 0 spiro atoms. The SMILES string of the molecule is Cc1ccnc(N2c3[c-]c(-c4ccc5ccc(-c6ccccc6)c(O)c5n4)ccc3C(C)(C)c3ccccc32)c1.[Pt]. The molecule has 5 heteroatoms. The van der Waals surface area contributed by atoms with Crippen molar-refractivity contribution < 1.29 is 26.2 Å². The van der Waals surface area contributed by atoms with E-state index in [0.29, 0.717) is 5.52 Å². The van der Waals surface area contributed by atoms with E-state index < -0.39 is 0 Å². The molecular formula is C36H28N3OPt-. The van der Waals surface area contributed by atoms with Crippen LogP contribution < -0.4 is 4.90 Å². The number of hydrogen-bond donors (Lipinski definition) is 1. The number of hydrogen-bond acceptors (Lipinski definition) is 4. The molecule has 0 unspecified atom stereocenters. The fraction of sp³-hybridized carbons (Fsp3) is 0.111. The van der Waals surface area contributed by atoms with Gasteiger partial charge in [-0.15, -0.1) is 23.8 Å². The molecular weight excluding hydrogens is 685 g/mol. The summed E-state index contributed by atoms with van der Waals surface area (Å²) in [6.07, 6.45) is 1.86. The molecule has 0 fully saturated rings. The first-order valence-electron chi connectivity index (χ1n) is 13.5. The van der Waals surface area contributed by atoms with Gasteiger partial charge < -0.3 is 10.0 Å². The van der Waals surface area contributed by atoms with Crippen LogP contribution in [0.15, 0.2) is 109 Å². The van der Waals surface area contributed by atoms with Gasteiger partial charge in [-0.2, -0.15) is 0 Å². The monoisotopic (exact) mass is 713 g/mol. The second-order valence-electron chi connectivity index (χ2n) is 10.9. The number of phenolic OH excluding ortho intramolecular Hbond substituents is 1. The van der Waals surface area contributed by atoms with Crippen LogP contribution in [0.3, 0.4) is 0 Å². The van der Waals surface area contributed by atoms with Crippen LogP contribution in [0, 0.1) is 13.0 Å². The van der Waals surface area contributed by atoms with E-state index >= 15 is 0 Å². The third-order valence-electron chi connectivity index (χ3n) is 7.97. The van der Waals surface area contributed by atoms with E-state index in [1.807, 2.05) is 66.9 Å². The smallest absolute Gasteiger partial charge is 0.148 e. The molecule has 4 aromatic carbocycles. The number of nitrogens with zero attached hydrogens (tertiary/aromatic N) is 3. The summed E-state index contributed by atoms with van der Waals surface area (Å²) < 4.78 is 0. The van der Waals surface area contributed by atoms with E-state index in [1.54, 1.807) is 0 Å². The minimum atomic E-state index is -0.221. The first-order chi connectivity index (χ1) is 19.4. The van der Waals surface area contributed by atoms with E-state index in [1.165, 1.54) is 11.1 Å². The maximum Gasteiger partial charge on any atom is 0.148 e. The Hall–Kier alpha value is -4.27. The zero-order chi connectivity index (χ0) is 27.4. The number of aryl methyl sites for hydroxylation is 1. The Morgan fingerprint density at radius 1 is 0.805 bits per heavy atom. The molecule has 2 aromatic heterocycles. The molecule has 6 aromatic rings. The van der Waals surface area contributed by atoms with Crippen molar-refractivity contribution in [3.8, 4) is 28.1 Å². The van der Waals surface area contributed by atoms with E-state index in [0.717, 1.165) is 50.5 Å². The van der Waals surface area contributed by atoms with Crippen LogP contribution in [-0.2, 0) is 26.5 Å². The van der Waals surface area contributed by atoms with Gasteiger partial charge in [-0.3, -0.25) is 4.98 Å². The first kappa shape index (κ1) is 26.9. The van der Waals surface area contributed by atoms with Crippen LogP contribution in [0.2, 0.25) is 0 Å². The van der Waals surface area contributed by atoms with Gasteiger partial charge in [-0.05, 0) is 64.7 Å². The molecule has 0 aliphatic carbocycles. The average molecular weight is 714 g/mol. The summed E-state index contributed by atoms with van der Waals surface area (Å²) in [5.74, 6) is 1.04. The van der Waals surface area contributed by atoms with Gasteiger partial charge in [0.1, 0.15) is 17.1 Å². The quantitative estimate of drug-likeness (QED) is 0.186. The van der Waals surface area contributed by atoms with Crippen molar-refractivity contribution in [2.45, 2.75) is 26.2 Å². The predicted octanol–water partition coefficient (Wildman–Crippen LogP) is 8.88. The molecule has 1 aliphatic heterocycles. The van der Waals surface area contributed by atoms with Crippen molar-refractivity contribution in [3.63, 3.8) is 0 Å². The van der Waals surface area contributed by atoms with Gasteiger partial charge in [-0.25, -0.2) is 4.98 Å². The van der Waals surface area contributed by atoms with Gasteiger partial charge in [0.25, 0.3) is 0 Å². The van der Waals surface area contributed by atoms with Crippen LogP contribution in [0.5, 0.6) is 5.75 Å². The van der Waals surface area contributed by atoms with E-state index in [-0.39, 0.29) is 32.2 Å². The van der Waals surface area contributed by atoms with E-state index in [4.69, 9.17) is 9.97 Å². The number of para-hydroxylation sites is 1. The van der Waals surface area contributed by atoms with Gasteiger partial charge >= 0.3 is 0 Å². The molecule has 1 N–H and O–H groups in total. The molecule has 0 atom stereocenters. The molecule has 41 heavy (non-hydrogen) atoms. The Bertz CT molecular complexity index is 1920. The summed E-state index contributed by atoms with van der Waals surface area (Å²) in [6, 6.07) is 38.5. The number of benzene rings is 4. The number of rotatable bonds is 3. The summed E-state index contributed by atoms with van der Waals surface area (Å²) in [5, 5.41) is 12.2. The standard InChI is InChI=1S/C36H28N3O.Pt/c1-23-19-20-37-33(21-23)39-31-12-8-7-11-28(31)36(2,3)29-17-14-26(22-32(29)39)30-18-15-25-13-16-27(35(40)34(25)38-30)24-9-5-4-6-10-24;/h4-21,40H,1-3H3;/q-1;. The third kappa shape index (κ3) is 4.44. The molecule has 0 bridgehead atoms.